The van der Waals surface area contributed by atoms with Gasteiger partial charge >= 0.3 is 11.9 Å². The van der Waals surface area contributed by atoms with Gasteiger partial charge in [0.25, 0.3) is 0 Å². The fourth-order valence-electron chi connectivity index (χ4n) is 4.42. The molecule has 0 saturated heterocycles. The number of hydrogen-bond donors (Lipinski definition) is 4. The molecule has 6 aromatic carbocycles. The average molecular weight is 627 g/mol. The Balaban J connectivity index is 0.000000208. The highest BCUT2D eigenvalue weighted by atomic mass is 16.5. The predicted octanol–water partition coefficient (Wildman–Crippen LogP) is 6.65. The molecule has 0 aliphatic rings. The van der Waals surface area contributed by atoms with E-state index in [1.807, 2.05) is 84.9 Å². The Labute approximate surface area is 272 Å². The molecule has 0 aromatic heterocycles. The van der Waals surface area contributed by atoms with E-state index in [0.29, 0.717) is 45.4 Å². The minimum absolute atomic E-state index is 0. The molecule has 47 heavy (non-hydrogen) atoms. The number of esters is 2. The quantitative estimate of drug-likeness (QED) is 0.0898. The highest BCUT2D eigenvalue weighted by molar-refractivity contribution is 5.92. The molecular weight excluding hydrogens is 592 g/mol. The second kappa shape index (κ2) is 15.4. The van der Waals surface area contributed by atoms with E-state index in [1.165, 1.54) is 0 Å². The second-order valence-corrected chi connectivity index (χ2v) is 10.2. The smallest absolute Gasteiger partial charge is 0.343 e. The van der Waals surface area contributed by atoms with Gasteiger partial charge in [-0.3, -0.25) is 0 Å². The SMILES string of the molecule is Nc1ccc(-c2ccc(C(=O)Oc3ccccc3)cc2)cc1N.Nc1ccc(-c2ccc(C(=O)Oc3ccccc3)cc2)cc1N.O. The van der Waals surface area contributed by atoms with Crippen molar-refractivity contribution in [3.8, 4) is 33.8 Å². The summed E-state index contributed by atoms with van der Waals surface area (Å²) < 4.78 is 10.6. The lowest BCUT2D eigenvalue weighted by molar-refractivity contribution is 0.0725. The first-order chi connectivity index (χ1) is 22.3. The topological polar surface area (TPSA) is 188 Å². The summed E-state index contributed by atoms with van der Waals surface area (Å²) in [5.74, 6) is 0.264. The number of nitrogen functional groups attached to an aromatic ring is 4. The van der Waals surface area contributed by atoms with Gasteiger partial charge in [-0.15, -0.1) is 0 Å². The zero-order chi connectivity index (χ0) is 32.5. The maximum atomic E-state index is 12.1. The third-order valence-electron chi connectivity index (χ3n) is 6.99. The third kappa shape index (κ3) is 8.75. The molecule has 10 N–H and O–H groups in total. The summed E-state index contributed by atoms with van der Waals surface area (Å²) >= 11 is 0. The number of carbonyl (C=O) groups excluding carboxylic acids is 2. The molecule has 0 unspecified atom stereocenters. The summed E-state index contributed by atoms with van der Waals surface area (Å²) in [6.07, 6.45) is 0. The molecule has 0 bridgehead atoms. The van der Waals surface area contributed by atoms with E-state index >= 15 is 0 Å². The lowest BCUT2D eigenvalue weighted by Gasteiger charge is -2.07. The van der Waals surface area contributed by atoms with Crippen molar-refractivity contribution < 1.29 is 24.5 Å². The number of carbonyl (C=O) groups is 2. The normalized spacial score (nSPS) is 10.0. The van der Waals surface area contributed by atoms with E-state index in [4.69, 9.17) is 32.4 Å². The van der Waals surface area contributed by atoms with Gasteiger partial charge < -0.3 is 37.9 Å². The van der Waals surface area contributed by atoms with Gasteiger partial charge in [-0.05, 0) is 95.1 Å². The summed E-state index contributed by atoms with van der Waals surface area (Å²) in [7, 11) is 0. The molecular formula is C38H34N4O5. The van der Waals surface area contributed by atoms with Crippen molar-refractivity contribution in [3.63, 3.8) is 0 Å². The van der Waals surface area contributed by atoms with Crippen LogP contribution < -0.4 is 32.4 Å². The van der Waals surface area contributed by atoms with Gasteiger partial charge in [-0.2, -0.15) is 0 Å². The number of nitrogens with two attached hydrogens (primary N) is 4. The van der Waals surface area contributed by atoms with Crippen LogP contribution in [0.4, 0.5) is 22.7 Å². The van der Waals surface area contributed by atoms with E-state index in [2.05, 4.69) is 0 Å². The van der Waals surface area contributed by atoms with Crippen molar-refractivity contribution in [3.05, 3.63) is 157 Å². The Morgan fingerprint density at radius 3 is 1.02 bits per heavy atom. The largest absolute Gasteiger partial charge is 0.423 e. The zero-order valence-corrected chi connectivity index (χ0v) is 25.3. The summed E-state index contributed by atoms with van der Waals surface area (Å²) in [4.78, 5) is 24.2. The van der Waals surface area contributed by atoms with Gasteiger partial charge in [-0.25, -0.2) is 9.59 Å². The van der Waals surface area contributed by atoms with Crippen LogP contribution in [0.25, 0.3) is 22.3 Å². The molecule has 0 fully saturated rings. The standard InChI is InChI=1S/2C19H16N2O2.H2O/c2*20-17-11-10-15(12-18(17)21)13-6-8-14(9-7-13)19(22)23-16-4-2-1-3-5-16;/h2*1-12H,20-21H2;1H2. The molecule has 0 amide bonds. The first kappa shape index (κ1) is 33.3. The summed E-state index contributed by atoms with van der Waals surface area (Å²) in [5, 5.41) is 0. The summed E-state index contributed by atoms with van der Waals surface area (Å²) in [5.41, 5.74) is 30.0. The number of benzene rings is 6. The minimum atomic E-state index is -0.389. The number of anilines is 4. The second-order valence-electron chi connectivity index (χ2n) is 10.2. The van der Waals surface area contributed by atoms with Crippen LogP contribution in [-0.4, -0.2) is 17.4 Å². The molecule has 0 spiro atoms. The number of para-hydroxylation sites is 2. The van der Waals surface area contributed by atoms with Crippen LogP contribution in [-0.2, 0) is 0 Å². The molecule has 6 rings (SSSR count). The molecule has 0 aliphatic heterocycles. The van der Waals surface area contributed by atoms with Gasteiger partial charge in [0.05, 0.1) is 33.9 Å². The molecule has 0 saturated carbocycles. The Morgan fingerprint density at radius 1 is 0.383 bits per heavy atom. The molecule has 9 heteroatoms. The van der Waals surface area contributed by atoms with Crippen molar-refractivity contribution in [2.24, 2.45) is 0 Å². The minimum Gasteiger partial charge on any atom is -0.423 e. The zero-order valence-electron chi connectivity index (χ0n) is 25.3. The van der Waals surface area contributed by atoms with E-state index in [0.717, 1.165) is 22.3 Å². The van der Waals surface area contributed by atoms with Gasteiger partial charge in [-0.1, -0.05) is 72.8 Å². The molecule has 9 nitrogen and oxygen atoms in total. The monoisotopic (exact) mass is 626 g/mol. The average Bonchev–Trinajstić information content (AvgIpc) is 3.08. The molecule has 0 atom stereocenters. The van der Waals surface area contributed by atoms with E-state index in [-0.39, 0.29) is 17.4 Å². The van der Waals surface area contributed by atoms with Crippen molar-refractivity contribution in [2.45, 2.75) is 0 Å². The highest BCUT2D eigenvalue weighted by Gasteiger charge is 2.10. The van der Waals surface area contributed by atoms with E-state index in [9.17, 15) is 9.59 Å². The molecule has 0 heterocycles. The number of ether oxygens (including phenoxy) is 2. The van der Waals surface area contributed by atoms with Crippen LogP contribution in [0.5, 0.6) is 11.5 Å². The van der Waals surface area contributed by atoms with Crippen LogP contribution in [0, 0.1) is 0 Å². The molecule has 0 radical (unpaired) electrons. The van der Waals surface area contributed by atoms with Gasteiger partial charge in [0.1, 0.15) is 11.5 Å². The van der Waals surface area contributed by atoms with Gasteiger partial charge in [0.15, 0.2) is 0 Å². The van der Waals surface area contributed by atoms with Crippen molar-refractivity contribution in [2.75, 3.05) is 22.9 Å². The van der Waals surface area contributed by atoms with Crippen molar-refractivity contribution >= 4 is 34.7 Å². The summed E-state index contributed by atoms with van der Waals surface area (Å²) in [6, 6.07) is 43.2. The first-order valence-electron chi connectivity index (χ1n) is 14.3. The maximum absolute atomic E-state index is 12.1. The Kier molecular flexibility index (Phi) is 10.9. The number of rotatable bonds is 6. The lowest BCUT2D eigenvalue weighted by atomic mass is 10.0. The maximum Gasteiger partial charge on any atom is 0.343 e. The number of hydrogen-bond acceptors (Lipinski definition) is 8. The Morgan fingerprint density at radius 2 is 0.702 bits per heavy atom. The third-order valence-corrected chi connectivity index (χ3v) is 6.99. The van der Waals surface area contributed by atoms with Crippen molar-refractivity contribution in [1.29, 1.82) is 0 Å². The highest BCUT2D eigenvalue weighted by Crippen LogP contribution is 2.27. The fourth-order valence-corrected chi connectivity index (χ4v) is 4.42. The summed E-state index contributed by atoms with van der Waals surface area (Å²) in [6.45, 7) is 0. The van der Waals surface area contributed by atoms with E-state index in [1.54, 1.807) is 60.7 Å². The van der Waals surface area contributed by atoms with Crippen LogP contribution in [0.3, 0.4) is 0 Å². The van der Waals surface area contributed by atoms with Crippen LogP contribution in [0.1, 0.15) is 20.7 Å². The molecule has 0 aliphatic carbocycles. The lowest BCUT2D eigenvalue weighted by Crippen LogP contribution is -2.08. The Bertz CT molecular complexity index is 1800. The van der Waals surface area contributed by atoms with E-state index < -0.39 is 0 Å². The van der Waals surface area contributed by atoms with Crippen LogP contribution in [0.15, 0.2) is 146 Å². The van der Waals surface area contributed by atoms with Crippen LogP contribution in [0.2, 0.25) is 0 Å². The first-order valence-corrected chi connectivity index (χ1v) is 14.3. The predicted molar refractivity (Wildman–Crippen MR) is 188 cm³/mol. The van der Waals surface area contributed by atoms with Crippen molar-refractivity contribution in [1.82, 2.24) is 0 Å². The molecule has 6 aromatic rings. The molecule has 236 valence electrons. The van der Waals surface area contributed by atoms with Gasteiger partial charge in [0, 0.05) is 0 Å². The Hall–Kier alpha value is -6.58. The van der Waals surface area contributed by atoms with Gasteiger partial charge in [0.2, 0.25) is 0 Å². The fraction of sp³-hybridized carbons (Fsp3) is 0. The van der Waals surface area contributed by atoms with Crippen LogP contribution >= 0.6 is 0 Å².